The number of H-pyrrole nitrogens is 1. The number of nitrogens with one attached hydrogen (secondary N) is 1. The van der Waals surface area contributed by atoms with Crippen molar-refractivity contribution in [3.05, 3.63) is 63.8 Å². The number of aryl methyl sites for hydroxylation is 1. The Balaban J connectivity index is 1.80. The number of fused-ring (bicyclic) bond motifs is 1. The van der Waals surface area contributed by atoms with Crippen molar-refractivity contribution in [2.75, 3.05) is 0 Å². The fourth-order valence-electron chi connectivity index (χ4n) is 2.32. The minimum atomic E-state index is 0.563. The number of hydrogen-bond acceptors (Lipinski definition) is 2. The van der Waals surface area contributed by atoms with E-state index >= 15 is 0 Å². The third kappa shape index (κ3) is 2.62. The van der Waals surface area contributed by atoms with Crippen LogP contribution in [0, 0.1) is 6.92 Å². The summed E-state index contributed by atoms with van der Waals surface area (Å²) < 4.78 is 6.91. The van der Waals surface area contributed by atoms with Gasteiger partial charge in [0.25, 0.3) is 0 Å². The van der Waals surface area contributed by atoms with Gasteiger partial charge in [0.2, 0.25) is 0 Å². The minimum absolute atomic E-state index is 0.563. The Labute approximate surface area is 126 Å². The highest BCUT2D eigenvalue weighted by Crippen LogP contribution is 2.28. The number of halogens is 1. The molecule has 0 aliphatic heterocycles. The molecule has 0 atom stereocenters. The van der Waals surface area contributed by atoms with Crippen molar-refractivity contribution in [1.82, 2.24) is 10.2 Å². The van der Waals surface area contributed by atoms with Gasteiger partial charge in [0, 0.05) is 15.4 Å². The molecule has 3 aromatic rings. The Hall–Kier alpha value is -1.65. The van der Waals surface area contributed by atoms with Crippen LogP contribution in [0.4, 0.5) is 0 Å². The van der Waals surface area contributed by atoms with Crippen LogP contribution in [0.1, 0.15) is 16.8 Å². The van der Waals surface area contributed by atoms with E-state index in [-0.39, 0.29) is 0 Å². The zero-order valence-electron chi connectivity index (χ0n) is 11.2. The summed E-state index contributed by atoms with van der Waals surface area (Å²) in [4.78, 5) is 0. The van der Waals surface area contributed by atoms with E-state index in [1.165, 1.54) is 5.56 Å². The fourth-order valence-corrected chi connectivity index (χ4v) is 2.76. The Bertz CT molecular complexity index is 722. The molecule has 0 spiro atoms. The highest BCUT2D eigenvalue weighted by molar-refractivity contribution is 9.10. The topological polar surface area (TPSA) is 37.9 Å². The molecule has 1 aromatic heterocycles. The summed E-state index contributed by atoms with van der Waals surface area (Å²) in [6, 6.07) is 14.2. The average Bonchev–Trinajstić information content (AvgIpc) is 2.84. The van der Waals surface area contributed by atoms with Crippen LogP contribution in [0.25, 0.3) is 10.9 Å². The summed E-state index contributed by atoms with van der Waals surface area (Å²) in [6.45, 7) is 3.18. The molecule has 0 fully saturated rings. The fraction of sp³-hybridized carbons (Fsp3) is 0.188. The summed E-state index contributed by atoms with van der Waals surface area (Å²) in [5.41, 5.74) is 4.37. The lowest BCUT2D eigenvalue weighted by Crippen LogP contribution is -1.96. The molecule has 3 nitrogen and oxygen atoms in total. The molecule has 0 radical (unpaired) electrons. The molecule has 102 valence electrons. The molecule has 0 bridgehead atoms. The maximum absolute atomic E-state index is 5.85. The van der Waals surface area contributed by atoms with E-state index in [1.807, 2.05) is 37.3 Å². The van der Waals surface area contributed by atoms with Crippen molar-refractivity contribution in [3.63, 3.8) is 0 Å². The smallest absolute Gasteiger partial charge is 0.0739 e. The van der Waals surface area contributed by atoms with Crippen molar-refractivity contribution in [1.29, 1.82) is 0 Å². The summed E-state index contributed by atoms with van der Waals surface area (Å²) in [5.74, 6) is 0. The van der Waals surface area contributed by atoms with Gasteiger partial charge in [0.1, 0.15) is 0 Å². The van der Waals surface area contributed by atoms with Crippen LogP contribution in [0.3, 0.4) is 0 Å². The molecule has 0 aliphatic rings. The summed E-state index contributed by atoms with van der Waals surface area (Å²) in [7, 11) is 0. The zero-order chi connectivity index (χ0) is 13.9. The molecule has 0 unspecified atom stereocenters. The van der Waals surface area contributed by atoms with Gasteiger partial charge in [0.15, 0.2) is 0 Å². The van der Waals surface area contributed by atoms with Gasteiger partial charge in [0.05, 0.1) is 24.4 Å². The van der Waals surface area contributed by atoms with Crippen LogP contribution in [-0.4, -0.2) is 10.2 Å². The first-order chi connectivity index (χ1) is 9.75. The first-order valence-electron chi connectivity index (χ1n) is 6.49. The van der Waals surface area contributed by atoms with Crippen molar-refractivity contribution in [2.45, 2.75) is 20.1 Å². The molecule has 1 N–H and O–H groups in total. The SMILES string of the molecule is Cc1n[nH]c2ccc(Br)c(COCc3ccccc3)c12. The van der Waals surface area contributed by atoms with Crippen LogP contribution in [0.5, 0.6) is 0 Å². The molecule has 4 heteroatoms. The molecule has 20 heavy (non-hydrogen) atoms. The van der Waals surface area contributed by atoms with Crippen LogP contribution >= 0.6 is 15.9 Å². The van der Waals surface area contributed by atoms with E-state index in [9.17, 15) is 0 Å². The third-order valence-electron chi connectivity index (χ3n) is 3.32. The van der Waals surface area contributed by atoms with E-state index < -0.39 is 0 Å². The summed E-state index contributed by atoms with van der Waals surface area (Å²) in [5, 5.41) is 8.45. The number of ether oxygens (including phenoxy) is 1. The predicted octanol–water partition coefficient (Wildman–Crippen LogP) is 4.35. The highest BCUT2D eigenvalue weighted by atomic mass is 79.9. The molecule has 0 saturated heterocycles. The predicted molar refractivity (Wildman–Crippen MR) is 83.5 cm³/mol. The largest absolute Gasteiger partial charge is 0.372 e. The Morgan fingerprint density at radius 2 is 1.90 bits per heavy atom. The second-order valence-electron chi connectivity index (χ2n) is 4.74. The Morgan fingerprint density at radius 1 is 1.10 bits per heavy atom. The molecule has 2 aromatic carbocycles. The summed E-state index contributed by atoms with van der Waals surface area (Å²) >= 11 is 3.60. The highest BCUT2D eigenvalue weighted by Gasteiger charge is 2.11. The molecule has 0 amide bonds. The molecular formula is C16H15BrN2O. The minimum Gasteiger partial charge on any atom is -0.372 e. The number of nitrogens with zero attached hydrogens (tertiary/aromatic N) is 1. The van der Waals surface area contributed by atoms with E-state index in [2.05, 4.69) is 38.3 Å². The van der Waals surface area contributed by atoms with Crippen LogP contribution < -0.4 is 0 Å². The first kappa shape index (κ1) is 13.3. The van der Waals surface area contributed by atoms with Crippen molar-refractivity contribution in [3.8, 4) is 0 Å². The van der Waals surface area contributed by atoms with Crippen LogP contribution in [-0.2, 0) is 18.0 Å². The van der Waals surface area contributed by atoms with Crippen molar-refractivity contribution >= 4 is 26.8 Å². The molecule has 0 saturated carbocycles. The maximum Gasteiger partial charge on any atom is 0.0739 e. The second-order valence-corrected chi connectivity index (χ2v) is 5.59. The normalized spacial score (nSPS) is 11.1. The maximum atomic E-state index is 5.85. The van der Waals surface area contributed by atoms with E-state index in [4.69, 9.17) is 4.74 Å². The first-order valence-corrected chi connectivity index (χ1v) is 7.29. The van der Waals surface area contributed by atoms with E-state index in [0.717, 1.165) is 26.6 Å². The number of rotatable bonds is 4. The van der Waals surface area contributed by atoms with Crippen molar-refractivity contribution < 1.29 is 4.74 Å². The quantitative estimate of drug-likeness (QED) is 0.772. The molecular weight excluding hydrogens is 316 g/mol. The second kappa shape index (κ2) is 5.77. The van der Waals surface area contributed by atoms with Gasteiger partial charge in [-0.3, -0.25) is 5.10 Å². The van der Waals surface area contributed by atoms with Gasteiger partial charge >= 0.3 is 0 Å². The van der Waals surface area contributed by atoms with Crippen LogP contribution in [0.2, 0.25) is 0 Å². The van der Waals surface area contributed by atoms with E-state index in [1.54, 1.807) is 0 Å². The van der Waals surface area contributed by atoms with E-state index in [0.29, 0.717) is 13.2 Å². The third-order valence-corrected chi connectivity index (χ3v) is 4.06. The molecule has 0 aliphatic carbocycles. The molecule has 3 rings (SSSR count). The molecule has 1 heterocycles. The van der Waals surface area contributed by atoms with Gasteiger partial charge in [-0.2, -0.15) is 5.10 Å². The summed E-state index contributed by atoms with van der Waals surface area (Å²) in [6.07, 6.45) is 0. The number of aromatic amines is 1. The Morgan fingerprint density at radius 3 is 2.70 bits per heavy atom. The van der Waals surface area contributed by atoms with Gasteiger partial charge in [-0.1, -0.05) is 46.3 Å². The standard InChI is InChI=1S/C16H15BrN2O/c1-11-16-13(14(17)7-8-15(16)19-18-11)10-20-9-12-5-3-2-4-6-12/h2-8H,9-10H2,1H3,(H,18,19). The average molecular weight is 331 g/mol. The van der Waals surface area contributed by atoms with Crippen molar-refractivity contribution in [2.24, 2.45) is 0 Å². The van der Waals surface area contributed by atoms with Gasteiger partial charge < -0.3 is 4.74 Å². The number of hydrogen-bond donors (Lipinski definition) is 1. The lowest BCUT2D eigenvalue weighted by Gasteiger charge is -2.08. The number of benzene rings is 2. The lowest BCUT2D eigenvalue weighted by atomic mass is 10.1. The van der Waals surface area contributed by atoms with Gasteiger partial charge in [-0.25, -0.2) is 0 Å². The zero-order valence-corrected chi connectivity index (χ0v) is 12.8. The lowest BCUT2D eigenvalue weighted by molar-refractivity contribution is 0.107. The number of aromatic nitrogens is 2. The van der Waals surface area contributed by atoms with Gasteiger partial charge in [-0.15, -0.1) is 0 Å². The Kier molecular flexibility index (Phi) is 3.85. The van der Waals surface area contributed by atoms with Crippen LogP contribution in [0.15, 0.2) is 46.9 Å². The van der Waals surface area contributed by atoms with Gasteiger partial charge in [-0.05, 0) is 24.6 Å². The monoisotopic (exact) mass is 330 g/mol.